The van der Waals surface area contributed by atoms with Crippen LogP contribution in [0.2, 0.25) is 13.1 Å². The lowest BCUT2D eigenvalue weighted by atomic mass is 9.92. The lowest BCUT2D eigenvalue weighted by Crippen LogP contribution is -2.52. The van der Waals surface area contributed by atoms with Gasteiger partial charge in [-0.1, -0.05) is 81.4 Å². The van der Waals surface area contributed by atoms with Crippen LogP contribution in [0, 0.1) is 24.1 Å². The summed E-state index contributed by atoms with van der Waals surface area (Å²) in [7, 11) is -1.02. The van der Waals surface area contributed by atoms with Crippen LogP contribution < -0.4 is 14.9 Å². The fraction of sp³-hybridized carbons (Fsp3) is 0.200. The minimum atomic E-state index is -3.31. The molecule has 0 unspecified atom stereocenters. The monoisotopic (exact) mass is 534 g/mol. The molecule has 192 valence electrons. The van der Waals surface area contributed by atoms with Crippen molar-refractivity contribution >= 4 is 29.2 Å². The zero-order chi connectivity index (χ0) is 33.6. The summed E-state index contributed by atoms with van der Waals surface area (Å²) in [6.45, 7) is -0.263. The van der Waals surface area contributed by atoms with Crippen LogP contribution in [0.15, 0.2) is 79.0 Å². The van der Waals surface area contributed by atoms with Gasteiger partial charge in [0.25, 0.3) is 0 Å². The Kier molecular flexibility index (Phi) is 4.21. The number of pyridine rings is 1. The summed E-state index contributed by atoms with van der Waals surface area (Å²) < 4.78 is 73.5. The van der Waals surface area contributed by atoms with Crippen molar-refractivity contribution in [3.63, 3.8) is 0 Å². The third-order valence-corrected chi connectivity index (χ3v) is 11.6. The largest absolute Gasteiger partial charge is 0.215 e. The number of hydrogen-bond donors (Lipinski definition) is 0. The molecule has 2 heterocycles. The predicted molar refractivity (Wildman–Crippen MR) is 162 cm³/mol. The van der Waals surface area contributed by atoms with Gasteiger partial charge in [0.15, 0.2) is 6.20 Å². The van der Waals surface area contributed by atoms with Gasteiger partial charge in [0.1, 0.15) is 20.9 Å². The van der Waals surface area contributed by atoms with Crippen LogP contribution in [0.3, 0.4) is 0 Å². The molecule has 0 saturated heterocycles. The van der Waals surface area contributed by atoms with Gasteiger partial charge in [-0.25, -0.2) is 8.96 Å². The third-order valence-electron chi connectivity index (χ3n) is 8.07. The van der Waals surface area contributed by atoms with Crippen molar-refractivity contribution in [2.75, 3.05) is 0 Å². The van der Waals surface area contributed by atoms with E-state index in [0.717, 1.165) is 66.8 Å². The Morgan fingerprint density at radius 3 is 2.33 bits per heavy atom. The van der Waals surface area contributed by atoms with E-state index in [2.05, 4.69) is 55.6 Å². The maximum Gasteiger partial charge on any atom is 0.215 e. The van der Waals surface area contributed by atoms with Gasteiger partial charge in [0, 0.05) is 21.2 Å². The van der Waals surface area contributed by atoms with Crippen LogP contribution >= 0.6 is 0 Å². The molecule has 0 amide bonds. The van der Waals surface area contributed by atoms with E-state index in [1.54, 1.807) is 7.05 Å². The van der Waals surface area contributed by atoms with Crippen molar-refractivity contribution in [3.8, 4) is 39.6 Å². The second-order valence-electron chi connectivity index (χ2n) is 10.8. The van der Waals surface area contributed by atoms with Crippen molar-refractivity contribution in [1.29, 1.82) is 5.26 Å². The van der Waals surface area contributed by atoms with Gasteiger partial charge in [0.2, 0.25) is 5.69 Å². The highest BCUT2D eigenvalue weighted by Crippen LogP contribution is 2.39. The highest BCUT2D eigenvalue weighted by molar-refractivity contribution is 7.05. The Bertz CT molecular complexity index is 2110. The molecule has 0 bridgehead atoms. The van der Waals surface area contributed by atoms with Crippen LogP contribution in [0.1, 0.15) is 45.9 Å². The lowest BCUT2D eigenvalue weighted by molar-refractivity contribution is -0.661. The van der Waals surface area contributed by atoms with Crippen molar-refractivity contribution in [1.82, 2.24) is 0 Å². The third kappa shape index (κ3) is 3.76. The molecule has 1 aromatic heterocycles. The van der Waals surface area contributed by atoms with E-state index >= 15 is 4.39 Å². The van der Waals surface area contributed by atoms with E-state index in [1.165, 1.54) is 4.57 Å². The molecule has 1 aliphatic heterocycles. The Hall–Kier alpha value is -4.07. The fourth-order valence-corrected chi connectivity index (χ4v) is 10.2. The molecule has 0 aliphatic carbocycles. The Morgan fingerprint density at radius 1 is 0.923 bits per heavy atom. The molecule has 1 aliphatic rings. The molecule has 2 nitrogen and oxygen atoms in total. The van der Waals surface area contributed by atoms with Gasteiger partial charge >= 0.3 is 0 Å². The maximum absolute atomic E-state index is 16.1. The summed E-state index contributed by atoms with van der Waals surface area (Å²) in [6.07, 6.45) is 1.14. The van der Waals surface area contributed by atoms with Crippen molar-refractivity contribution in [3.05, 3.63) is 102 Å². The molecular formula is C35H32FN2Si+. The quantitative estimate of drug-likeness (QED) is 0.177. The first-order chi connectivity index (χ1) is 21.4. The number of hydrogen-bond acceptors (Lipinski definition) is 1. The zero-order valence-corrected chi connectivity index (χ0v) is 23.3. The zero-order valence-electron chi connectivity index (χ0n) is 29.3. The topological polar surface area (TPSA) is 27.7 Å². The van der Waals surface area contributed by atoms with E-state index in [0.29, 0.717) is 11.3 Å². The van der Waals surface area contributed by atoms with Crippen molar-refractivity contribution < 1.29 is 18.6 Å². The molecule has 0 spiro atoms. The molecule has 0 N–H and O–H groups in total. The molecule has 0 fully saturated rings. The average molecular weight is 535 g/mol. The number of fused-ring (bicyclic) bond motifs is 4. The van der Waals surface area contributed by atoms with Crippen LogP contribution in [-0.4, -0.2) is 8.07 Å². The number of halogens is 1. The molecule has 0 saturated carbocycles. The van der Waals surface area contributed by atoms with Gasteiger partial charge in [-0.05, 0) is 73.9 Å². The van der Waals surface area contributed by atoms with Gasteiger partial charge in [-0.15, -0.1) is 0 Å². The first-order valence-electron chi connectivity index (χ1n) is 16.3. The molecule has 39 heavy (non-hydrogen) atoms. The number of aryl methyl sites for hydroxylation is 2. The van der Waals surface area contributed by atoms with E-state index in [-0.39, 0.29) is 0 Å². The number of aromatic nitrogens is 1. The average Bonchev–Trinajstić information content (AvgIpc) is 3.22. The number of nitriles is 1. The minimum Gasteiger partial charge on any atom is -0.206 e. The van der Waals surface area contributed by atoms with Gasteiger partial charge in [0.05, 0.1) is 17.2 Å². The molecule has 4 aromatic carbocycles. The number of nitrogens with zero attached hydrogens (tertiary/aromatic N) is 2. The summed E-state index contributed by atoms with van der Waals surface area (Å²) in [5, 5.41) is 14.6. The Labute approximate surface area is 240 Å². The van der Waals surface area contributed by atoms with E-state index in [9.17, 15) is 5.26 Å². The molecular weight excluding hydrogens is 495 g/mol. The van der Waals surface area contributed by atoms with Crippen LogP contribution in [-0.2, 0) is 7.05 Å². The number of benzene rings is 4. The van der Waals surface area contributed by atoms with Gasteiger partial charge in [-0.2, -0.15) is 5.26 Å². The smallest absolute Gasteiger partial charge is 0.206 e. The van der Waals surface area contributed by atoms with E-state index in [4.69, 9.17) is 9.60 Å². The normalized spacial score (nSPS) is 17.0. The van der Waals surface area contributed by atoms with Gasteiger partial charge < -0.3 is 0 Å². The molecule has 6 rings (SSSR count). The molecule has 0 atom stereocenters. The Balaban J connectivity index is 1.61. The fourth-order valence-electron chi connectivity index (χ4n) is 6.31. The summed E-state index contributed by atoms with van der Waals surface area (Å²) in [5.41, 5.74) is 5.79. The summed E-state index contributed by atoms with van der Waals surface area (Å²) in [4.78, 5) is 0. The molecule has 5 aromatic rings. The number of rotatable bonds is 3. The van der Waals surface area contributed by atoms with Crippen molar-refractivity contribution in [2.24, 2.45) is 7.05 Å². The van der Waals surface area contributed by atoms with E-state index in [1.807, 2.05) is 37.3 Å². The Morgan fingerprint density at radius 2 is 1.62 bits per heavy atom. The standard InChI is InChI=1S/C35H32FN2Si/c1-21(2)29-20-38(4)31(18-30(29)36)32-22(3)11-15-27-28-16-14-26(19-37)33(35(28)39(5,6)34(27)32)25-13-12-23-9-7-8-10-24(23)17-25/h7-18,20-21H,1-6H3/q+1/i1D3,2D3,21D. The lowest BCUT2D eigenvalue weighted by Gasteiger charge is -2.25. The SMILES string of the molecule is [2H]C([2H])([2H])C([2H])(c1c[n+](C)c(-c2c(C)ccc3c2[Si](C)(C)c2c-3ccc(C#N)c2-c2ccc3ccccc3c2)cc1F)C([2H])([2H])[2H]. The molecule has 4 heteroatoms. The molecule has 0 radical (unpaired) electrons. The predicted octanol–water partition coefficient (Wildman–Crippen LogP) is 7.24. The highest BCUT2D eigenvalue weighted by atomic mass is 28.3. The van der Waals surface area contributed by atoms with Crippen molar-refractivity contribution in [2.45, 2.75) is 39.6 Å². The van der Waals surface area contributed by atoms with Crippen LogP contribution in [0.25, 0.3) is 44.3 Å². The highest BCUT2D eigenvalue weighted by Gasteiger charge is 2.44. The van der Waals surface area contributed by atoms with Crippen LogP contribution in [0.5, 0.6) is 0 Å². The minimum absolute atomic E-state index is 0.440. The maximum atomic E-state index is 16.1. The van der Waals surface area contributed by atoms with Crippen LogP contribution in [0.4, 0.5) is 4.39 Å². The first-order valence-corrected chi connectivity index (χ1v) is 15.8. The second kappa shape index (κ2) is 9.00. The first kappa shape index (κ1) is 18.3. The summed E-state index contributed by atoms with van der Waals surface area (Å²) >= 11 is 0. The second-order valence-corrected chi connectivity index (χ2v) is 15.0. The summed E-state index contributed by atoms with van der Waals surface area (Å²) in [5.74, 6) is -4.23. The summed E-state index contributed by atoms with van der Waals surface area (Å²) in [6, 6.07) is 25.8. The van der Waals surface area contributed by atoms with E-state index < -0.39 is 39.1 Å². The van der Waals surface area contributed by atoms with Gasteiger partial charge in [-0.3, -0.25) is 0 Å².